The van der Waals surface area contributed by atoms with Crippen molar-refractivity contribution in [1.29, 1.82) is 5.26 Å². The molecular weight excluding hydrogens is 222 g/mol. The number of nitrogens with one attached hydrogen (secondary N) is 1. The lowest BCUT2D eigenvalue weighted by Crippen LogP contribution is -1.89. The first-order valence-electron chi connectivity index (χ1n) is 4.91. The van der Waals surface area contributed by atoms with E-state index in [-0.39, 0.29) is 11.1 Å². The monoisotopic (exact) mass is 230 g/mol. The number of nitriles is 1. The van der Waals surface area contributed by atoms with E-state index < -0.39 is 11.6 Å². The van der Waals surface area contributed by atoms with E-state index in [0.717, 1.165) is 12.1 Å². The number of H-pyrrole nitrogens is 1. The fourth-order valence-corrected chi connectivity index (χ4v) is 1.47. The van der Waals surface area contributed by atoms with Gasteiger partial charge in [0, 0.05) is 23.5 Å². The molecule has 1 aromatic heterocycles. The van der Waals surface area contributed by atoms with Gasteiger partial charge >= 0.3 is 0 Å². The van der Waals surface area contributed by atoms with Crippen LogP contribution < -0.4 is 0 Å². The summed E-state index contributed by atoms with van der Waals surface area (Å²) < 4.78 is 26.2. The van der Waals surface area contributed by atoms with Crippen LogP contribution in [0.1, 0.15) is 11.3 Å². The van der Waals surface area contributed by atoms with Gasteiger partial charge in [0.05, 0.1) is 11.6 Å². The predicted octanol–water partition coefficient (Wildman–Crippen LogP) is 3.36. The Balaban J connectivity index is 2.47. The second-order valence-electron chi connectivity index (χ2n) is 3.42. The highest BCUT2D eigenvalue weighted by Crippen LogP contribution is 2.20. The topological polar surface area (TPSA) is 39.6 Å². The normalized spacial score (nSPS) is 11.2. The van der Waals surface area contributed by atoms with Crippen molar-refractivity contribution in [3.63, 3.8) is 0 Å². The number of hydrogen-bond acceptors (Lipinski definition) is 1. The Labute approximate surface area is 96.8 Å². The Kier molecular flexibility index (Phi) is 3.01. The van der Waals surface area contributed by atoms with Crippen LogP contribution >= 0.6 is 0 Å². The molecule has 0 aliphatic heterocycles. The number of allylic oxidation sites excluding steroid dienone is 1. The zero-order valence-corrected chi connectivity index (χ0v) is 8.74. The van der Waals surface area contributed by atoms with Crippen LogP contribution in [-0.2, 0) is 0 Å². The molecule has 0 bridgehead atoms. The average molecular weight is 230 g/mol. The number of aromatic amines is 1. The third-order valence-electron chi connectivity index (χ3n) is 2.26. The van der Waals surface area contributed by atoms with Crippen molar-refractivity contribution >= 4 is 11.6 Å². The Morgan fingerprint density at radius 2 is 2.12 bits per heavy atom. The molecule has 2 rings (SSSR count). The molecule has 0 amide bonds. The van der Waals surface area contributed by atoms with Gasteiger partial charge in [-0.05, 0) is 30.3 Å². The van der Waals surface area contributed by atoms with E-state index >= 15 is 0 Å². The summed E-state index contributed by atoms with van der Waals surface area (Å²) in [5, 5.41) is 8.98. The number of hydrogen-bond donors (Lipinski definition) is 1. The minimum Gasteiger partial charge on any atom is -0.362 e. The number of halogens is 2. The molecule has 0 fully saturated rings. The molecule has 1 heterocycles. The van der Waals surface area contributed by atoms with Gasteiger partial charge in [-0.15, -0.1) is 0 Å². The van der Waals surface area contributed by atoms with Crippen LogP contribution in [0.5, 0.6) is 0 Å². The van der Waals surface area contributed by atoms with Crippen molar-refractivity contribution in [3.8, 4) is 6.07 Å². The van der Waals surface area contributed by atoms with Crippen molar-refractivity contribution in [2.75, 3.05) is 0 Å². The molecule has 17 heavy (non-hydrogen) atoms. The van der Waals surface area contributed by atoms with E-state index in [1.54, 1.807) is 18.3 Å². The van der Waals surface area contributed by atoms with Gasteiger partial charge in [0.15, 0.2) is 0 Å². The molecule has 2 nitrogen and oxygen atoms in total. The number of aromatic nitrogens is 1. The smallest absolute Gasteiger partial charge is 0.134 e. The van der Waals surface area contributed by atoms with E-state index in [1.807, 2.05) is 6.07 Å². The van der Waals surface area contributed by atoms with Crippen LogP contribution in [-0.4, -0.2) is 4.98 Å². The molecule has 0 saturated carbocycles. The van der Waals surface area contributed by atoms with Crippen molar-refractivity contribution in [2.24, 2.45) is 0 Å². The molecule has 0 saturated heterocycles. The highest BCUT2D eigenvalue weighted by molar-refractivity contribution is 5.89. The molecule has 0 atom stereocenters. The average Bonchev–Trinajstić information content (AvgIpc) is 2.79. The van der Waals surface area contributed by atoms with Crippen LogP contribution in [0.3, 0.4) is 0 Å². The second-order valence-corrected chi connectivity index (χ2v) is 3.42. The molecule has 0 spiro atoms. The number of rotatable bonds is 2. The van der Waals surface area contributed by atoms with E-state index in [1.165, 1.54) is 12.1 Å². The number of nitrogens with zero attached hydrogens (tertiary/aromatic N) is 1. The molecule has 0 unspecified atom stereocenters. The third kappa shape index (κ3) is 2.40. The van der Waals surface area contributed by atoms with Gasteiger partial charge in [0.2, 0.25) is 0 Å². The van der Waals surface area contributed by atoms with Gasteiger partial charge in [-0.3, -0.25) is 0 Å². The third-order valence-corrected chi connectivity index (χ3v) is 2.26. The number of benzene rings is 1. The summed E-state index contributed by atoms with van der Waals surface area (Å²) in [6.45, 7) is 0. The van der Waals surface area contributed by atoms with E-state index in [9.17, 15) is 8.78 Å². The molecule has 84 valence electrons. The van der Waals surface area contributed by atoms with Gasteiger partial charge < -0.3 is 4.98 Å². The van der Waals surface area contributed by atoms with Crippen LogP contribution in [0.15, 0.2) is 36.5 Å². The molecule has 0 aliphatic rings. The first kappa shape index (κ1) is 11.1. The summed E-state index contributed by atoms with van der Waals surface area (Å²) >= 11 is 0. The quantitative estimate of drug-likeness (QED) is 0.789. The van der Waals surface area contributed by atoms with Crippen molar-refractivity contribution in [3.05, 3.63) is 59.4 Å². The second kappa shape index (κ2) is 4.62. The minimum absolute atomic E-state index is 0.0866. The molecule has 0 radical (unpaired) electrons. The summed E-state index contributed by atoms with van der Waals surface area (Å²) in [7, 11) is 0. The van der Waals surface area contributed by atoms with Gasteiger partial charge in [-0.1, -0.05) is 0 Å². The maximum absolute atomic E-state index is 13.5. The SMILES string of the molecule is N#C/C(=C\c1ccc[nH]1)c1ccc(F)cc1F. The molecule has 1 N–H and O–H groups in total. The minimum atomic E-state index is -0.746. The zero-order chi connectivity index (χ0) is 12.3. The Hall–Kier alpha value is -2.41. The van der Waals surface area contributed by atoms with E-state index in [4.69, 9.17) is 5.26 Å². The fraction of sp³-hybridized carbons (Fsp3) is 0. The van der Waals surface area contributed by atoms with Gasteiger partial charge in [-0.25, -0.2) is 8.78 Å². The highest BCUT2D eigenvalue weighted by Gasteiger charge is 2.08. The largest absolute Gasteiger partial charge is 0.362 e. The first-order valence-corrected chi connectivity index (χ1v) is 4.91. The molecular formula is C13H8F2N2. The fourth-order valence-electron chi connectivity index (χ4n) is 1.47. The van der Waals surface area contributed by atoms with Gasteiger partial charge in [0.1, 0.15) is 11.6 Å². The Bertz CT molecular complexity index is 592. The van der Waals surface area contributed by atoms with Crippen LogP contribution in [0.4, 0.5) is 8.78 Å². The van der Waals surface area contributed by atoms with Crippen molar-refractivity contribution < 1.29 is 8.78 Å². The summed E-state index contributed by atoms with van der Waals surface area (Å²) in [5.74, 6) is -1.41. The maximum atomic E-state index is 13.5. The molecule has 2 aromatic rings. The van der Waals surface area contributed by atoms with Crippen LogP contribution in [0.2, 0.25) is 0 Å². The standard InChI is InChI=1S/C13H8F2N2/c14-10-3-4-12(13(15)7-10)9(8-16)6-11-2-1-5-17-11/h1-7,17H/b9-6+. The Morgan fingerprint density at radius 3 is 2.71 bits per heavy atom. The van der Waals surface area contributed by atoms with Gasteiger partial charge in [-0.2, -0.15) is 5.26 Å². The zero-order valence-electron chi connectivity index (χ0n) is 8.74. The van der Waals surface area contributed by atoms with Crippen molar-refractivity contribution in [2.45, 2.75) is 0 Å². The Morgan fingerprint density at radius 1 is 1.29 bits per heavy atom. The lowest BCUT2D eigenvalue weighted by atomic mass is 10.1. The van der Waals surface area contributed by atoms with Gasteiger partial charge in [0.25, 0.3) is 0 Å². The van der Waals surface area contributed by atoms with Crippen LogP contribution in [0.25, 0.3) is 11.6 Å². The lowest BCUT2D eigenvalue weighted by molar-refractivity contribution is 0.581. The molecule has 1 aromatic carbocycles. The summed E-state index contributed by atoms with van der Waals surface area (Å²) in [6, 6.07) is 8.55. The van der Waals surface area contributed by atoms with Crippen molar-refractivity contribution in [1.82, 2.24) is 4.98 Å². The summed E-state index contributed by atoms with van der Waals surface area (Å²) in [6.07, 6.45) is 3.21. The summed E-state index contributed by atoms with van der Waals surface area (Å²) in [5.41, 5.74) is 0.915. The molecule has 0 aliphatic carbocycles. The molecule has 4 heteroatoms. The van der Waals surface area contributed by atoms with E-state index in [2.05, 4.69) is 4.98 Å². The van der Waals surface area contributed by atoms with Crippen LogP contribution in [0, 0.1) is 23.0 Å². The maximum Gasteiger partial charge on any atom is 0.134 e. The first-order chi connectivity index (χ1) is 8.20. The lowest BCUT2D eigenvalue weighted by Gasteiger charge is -2.01. The predicted molar refractivity (Wildman–Crippen MR) is 60.6 cm³/mol. The van der Waals surface area contributed by atoms with E-state index in [0.29, 0.717) is 5.69 Å². The highest BCUT2D eigenvalue weighted by atomic mass is 19.1. The summed E-state index contributed by atoms with van der Waals surface area (Å²) in [4.78, 5) is 2.88.